The summed E-state index contributed by atoms with van der Waals surface area (Å²) in [5, 5.41) is 17.8. The number of halogens is 2. The van der Waals surface area contributed by atoms with Crippen molar-refractivity contribution in [3.05, 3.63) is 100 Å². The molecule has 3 rings (SSSR count). The van der Waals surface area contributed by atoms with Gasteiger partial charge in [0.15, 0.2) is 17.6 Å². The van der Waals surface area contributed by atoms with Crippen molar-refractivity contribution < 1.29 is 24.2 Å². The summed E-state index contributed by atoms with van der Waals surface area (Å²) in [5.74, 6) is -0.472. The Labute approximate surface area is 237 Å². The minimum Gasteiger partial charge on any atom is -0.504 e. The fourth-order valence-corrected chi connectivity index (χ4v) is 4.09. The number of carbonyl (C=O) groups excluding carboxylic acids is 2. The number of hydrazone groups is 1. The summed E-state index contributed by atoms with van der Waals surface area (Å²) in [6, 6.07) is 16.3. The molecule has 3 aromatic rings. The van der Waals surface area contributed by atoms with E-state index in [4.69, 9.17) is 32.7 Å². The lowest BCUT2D eigenvalue weighted by molar-refractivity contribution is -0.132. The van der Waals surface area contributed by atoms with Crippen LogP contribution in [0.2, 0.25) is 10.0 Å². The van der Waals surface area contributed by atoms with E-state index in [0.29, 0.717) is 22.6 Å². The Bertz CT molecular complexity index is 1350. The zero-order valence-electron chi connectivity index (χ0n) is 21.5. The number of ether oxygens (including phenoxy) is 2. The number of methoxy groups -OCH3 is 1. The van der Waals surface area contributed by atoms with Crippen LogP contribution >= 0.6 is 23.2 Å². The SMILES string of the molecule is C=CCc1cc(/C=N\NC(=O)[C@@H](Cc2ccccc2)NC(=O)[C@H](C)Oc2ccc(Cl)cc2Cl)cc(OC)c1O. The molecule has 3 N–H and O–H groups in total. The number of allylic oxidation sites excluding steroid dienone is 1. The van der Waals surface area contributed by atoms with Gasteiger partial charge < -0.3 is 19.9 Å². The summed E-state index contributed by atoms with van der Waals surface area (Å²) in [5.41, 5.74) is 4.51. The molecule has 39 heavy (non-hydrogen) atoms. The first kappa shape index (κ1) is 29.5. The van der Waals surface area contributed by atoms with Gasteiger partial charge in [0.25, 0.3) is 11.8 Å². The van der Waals surface area contributed by atoms with E-state index < -0.39 is 24.0 Å². The Kier molecular flexibility index (Phi) is 10.8. The largest absolute Gasteiger partial charge is 0.504 e. The Morgan fingerprint density at radius 3 is 2.49 bits per heavy atom. The molecule has 0 unspecified atom stereocenters. The molecule has 0 aromatic heterocycles. The fourth-order valence-electron chi connectivity index (χ4n) is 3.64. The molecule has 10 heteroatoms. The summed E-state index contributed by atoms with van der Waals surface area (Å²) in [6.07, 6.45) is 2.76. The Morgan fingerprint density at radius 2 is 1.82 bits per heavy atom. The number of aromatic hydroxyl groups is 1. The second-order valence-electron chi connectivity index (χ2n) is 8.54. The molecule has 0 aliphatic carbocycles. The van der Waals surface area contributed by atoms with Crippen molar-refractivity contribution in [2.24, 2.45) is 5.10 Å². The van der Waals surface area contributed by atoms with Gasteiger partial charge in [0.05, 0.1) is 18.3 Å². The second kappa shape index (κ2) is 14.2. The highest BCUT2D eigenvalue weighted by Gasteiger charge is 2.25. The Balaban J connectivity index is 1.73. The van der Waals surface area contributed by atoms with E-state index in [9.17, 15) is 14.7 Å². The number of benzene rings is 3. The van der Waals surface area contributed by atoms with Gasteiger partial charge in [-0.15, -0.1) is 6.58 Å². The predicted octanol–water partition coefficient (Wildman–Crippen LogP) is 5.08. The molecule has 0 heterocycles. The van der Waals surface area contributed by atoms with Crippen LogP contribution in [0.3, 0.4) is 0 Å². The highest BCUT2D eigenvalue weighted by atomic mass is 35.5. The van der Waals surface area contributed by atoms with Crippen molar-refractivity contribution in [3.8, 4) is 17.2 Å². The van der Waals surface area contributed by atoms with Crippen LogP contribution in [0.5, 0.6) is 17.2 Å². The molecule has 0 spiro atoms. The highest BCUT2D eigenvalue weighted by molar-refractivity contribution is 6.35. The van der Waals surface area contributed by atoms with E-state index in [1.54, 1.807) is 37.3 Å². The first-order chi connectivity index (χ1) is 18.7. The number of nitrogens with one attached hydrogen (secondary N) is 2. The monoisotopic (exact) mass is 569 g/mol. The van der Waals surface area contributed by atoms with E-state index in [2.05, 4.69) is 22.4 Å². The van der Waals surface area contributed by atoms with Gasteiger partial charge in [0.2, 0.25) is 0 Å². The molecule has 0 saturated heterocycles. The standard InChI is InChI=1S/C29H29Cl2N3O5/c1-4-8-21-13-20(15-26(38-3)27(21)35)17-32-34-29(37)24(14-19-9-6-5-7-10-19)33-28(36)18(2)39-25-12-11-22(30)16-23(25)31/h4-7,9-13,15-18,24,35H,1,8,14H2,2-3H3,(H,33,36)(H,34,37)/b32-17-/t18-,24+/m0/s1. The number of phenolic OH excluding ortho intramolecular Hbond substituents is 1. The van der Waals surface area contributed by atoms with Crippen molar-refractivity contribution in [2.75, 3.05) is 7.11 Å². The van der Waals surface area contributed by atoms with E-state index in [1.165, 1.54) is 19.4 Å². The van der Waals surface area contributed by atoms with E-state index in [1.807, 2.05) is 30.3 Å². The van der Waals surface area contributed by atoms with Crippen LogP contribution in [0.15, 0.2) is 78.4 Å². The van der Waals surface area contributed by atoms with Crippen LogP contribution in [0, 0.1) is 0 Å². The number of hydrogen-bond donors (Lipinski definition) is 3. The molecule has 2 atom stereocenters. The number of phenols is 1. The smallest absolute Gasteiger partial charge is 0.262 e. The van der Waals surface area contributed by atoms with Crippen LogP contribution in [-0.2, 0) is 22.4 Å². The maximum Gasteiger partial charge on any atom is 0.262 e. The summed E-state index contributed by atoms with van der Waals surface area (Å²) in [6.45, 7) is 5.24. The number of amides is 2. The fraction of sp³-hybridized carbons (Fsp3) is 0.207. The van der Waals surface area contributed by atoms with Crippen LogP contribution in [0.25, 0.3) is 0 Å². The lowest BCUT2D eigenvalue weighted by atomic mass is 10.1. The molecule has 3 aromatic carbocycles. The lowest BCUT2D eigenvalue weighted by Gasteiger charge is -2.21. The average molecular weight is 570 g/mol. The molecule has 204 valence electrons. The van der Waals surface area contributed by atoms with Crippen LogP contribution in [-0.4, -0.2) is 42.4 Å². The topological polar surface area (TPSA) is 109 Å². The molecule has 0 aliphatic heterocycles. The number of nitrogens with zero attached hydrogens (tertiary/aromatic N) is 1. The van der Waals surface area contributed by atoms with Gasteiger partial charge in [-0.2, -0.15) is 5.10 Å². The molecule has 0 saturated carbocycles. The second-order valence-corrected chi connectivity index (χ2v) is 9.39. The molecular formula is C29H29Cl2N3O5. The van der Waals surface area contributed by atoms with Gasteiger partial charge in [-0.3, -0.25) is 9.59 Å². The third-order valence-electron chi connectivity index (χ3n) is 5.63. The van der Waals surface area contributed by atoms with Gasteiger partial charge in [0.1, 0.15) is 11.8 Å². The van der Waals surface area contributed by atoms with Gasteiger partial charge in [0, 0.05) is 17.0 Å². The van der Waals surface area contributed by atoms with Gasteiger partial charge in [-0.05, 0) is 54.8 Å². The van der Waals surface area contributed by atoms with Crippen molar-refractivity contribution in [3.63, 3.8) is 0 Å². The molecule has 0 bridgehead atoms. The van der Waals surface area contributed by atoms with Gasteiger partial charge in [-0.25, -0.2) is 5.43 Å². The van der Waals surface area contributed by atoms with E-state index in [0.717, 1.165) is 5.56 Å². The number of hydrogen-bond acceptors (Lipinski definition) is 6. The quantitative estimate of drug-likeness (QED) is 0.160. The van der Waals surface area contributed by atoms with Crippen molar-refractivity contribution in [1.82, 2.24) is 10.7 Å². The number of rotatable bonds is 12. The number of carbonyl (C=O) groups is 2. The maximum absolute atomic E-state index is 13.1. The zero-order valence-corrected chi connectivity index (χ0v) is 23.0. The highest BCUT2D eigenvalue weighted by Crippen LogP contribution is 2.31. The van der Waals surface area contributed by atoms with Crippen LogP contribution < -0.4 is 20.2 Å². The molecule has 0 aliphatic rings. The average Bonchev–Trinajstić information content (AvgIpc) is 2.92. The molecule has 0 radical (unpaired) electrons. The summed E-state index contributed by atoms with van der Waals surface area (Å²) < 4.78 is 10.9. The third-order valence-corrected chi connectivity index (χ3v) is 6.16. The maximum atomic E-state index is 13.1. The minimum absolute atomic E-state index is 0.0143. The molecular weight excluding hydrogens is 541 g/mol. The van der Waals surface area contributed by atoms with Crippen molar-refractivity contribution >= 4 is 41.2 Å². The van der Waals surface area contributed by atoms with Crippen molar-refractivity contribution in [1.29, 1.82) is 0 Å². The van der Waals surface area contributed by atoms with Gasteiger partial charge in [-0.1, -0.05) is 59.6 Å². The predicted molar refractivity (Wildman–Crippen MR) is 153 cm³/mol. The molecule has 0 fully saturated rings. The summed E-state index contributed by atoms with van der Waals surface area (Å²) in [4.78, 5) is 26.1. The van der Waals surface area contributed by atoms with Gasteiger partial charge >= 0.3 is 0 Å². The molecule has 8 nitrogen and oxygen atoms in total. The Morgan fingerprint density at radius 1 is 1.08 bits per heavy atom. The summed E-state index contributed by atoms with van der Waals surface area (Å²) >= 11 is 12.1. The third kappa shape index (κ3) is 8.49. The zero-order chi connectivity index (χ0) is 28.4. The van der Waals surface area contributed by atoms with E-state index >= 15 is 0 Å². The summed E-state index contributed by atoms with van der Waals surface area (Å²) in [7, 11) is 1.44. The minimum atomic E-state index is -0.953. The lowest BCUT2D eigenvalue weighted by Crippen LogP contribution is -2.50. The normalized spacial score (nSPS) is 12.4. The van der Waals surface area contributed by atoms with Crippen molar-refractivity contribution in [2.45, 2.75) is 31.9 Å². The first-order valence-corrected chi connectivity index (χ1v) is 12.8. The molecule has 2 amide bonds. The first-order valence-electron chi connectivity index (χ1n) is 12.0. The Hall–Kier alpha value is -4.01. The van der Waals surface area contributed by atoms with Crippen LogP contribution in [0.4, 0.5) is 0 Å². The van der Waals surface area contributed by atoms with Crippen LogP contribution in [0.1, 0.15) is 23.6 Å². The van der Waals surface area contributed by atoms with E-state index in [-0.39, 0.29) is 28.7 Å².